The van der Waals surface area contributed by atoms with E-state index in [9.17, 15) is 4.79 Å². The van der Waals surface area contributed by atoms with Gasteiger partial charge in [-0.25, -0.2) is 4.79 Å². The van der Waals surface area contributed by atoms with Crippen molar-refractivity contribution < 1.29 is 9.53 Å². The lowest BCUT2D eigenvalue weighted by molar-refractivity contribution is 0.0595. The van der Waals surface area contributed by atoms with Crippen LogP contribution in [0.25, 0.3) is 11.3 Å². The number of nitrogens with zero attached hydrogens (tertiary/aromatic N) is 2. The van der Waals surface area contributed by atoms with E-state index in [1.807, 2.05) is 24.3 Å². The molecule has 5 nitrogen and oxygen atoms in total. The van der Waals surface area contributed by atoms with E-state index in [-0.39, 0.29) is 5.69 Å². The second-order valence-corrected chi connectivity index (χ2v) is 3.94. The normalized spacial score (nSPS) is 10.1. The average molecular weight is 282 g/mol. The molecule has 0 aliphatic heterocycles. The van der Waals surface area contributed by atoms with Gasteiger partial charge in [-0.05, 0) is 12.1 Å². The second kappa shape index (κ2) is 4.44. The monoisotopic (exact) mass is 281 g/mol. The van der Waals surface area contributed by atoms with E-state index in [2.05, 4.69) is 36.1 Å². The van der Waals surface area contributed by atoms with Gasteiger partial charge in [0.15, 0.2) is 5.69 Å². The molecule has 1 aromatic carbocycles. The number of carbonyl (C=O) groups excluding carboxylic acids is 1. The third kappa shape index (κ3) is 1.96. The van der Waals surface area contributed by atoms with Crippen molar-refractivity contribution in [2.45, 2.75) is 0 Å². The van der Waals surface area contributed by atoms with Crippen molar-refractivity contribution in [2.75, 3.05) is 7.11 Å². The summed E-state index contributed by atoms with van der Waals surface area (Å²) in [5.74, 6) is -0.510. The second-order valence-electron chi connectivity index (χ2n) is 3.02. The summed E-state index contributed by atoms with van der Waals surface area (Å²) < 4.78 is 5.52. The van der Waals surface area contributed by atoms with Crippen molar-refractivity contribution in [3.8, 4) is 11.3 Å². The van der Waals surface area contributed by atoms with E-state index in [0.717, 1.165) is 10.0 Å². The zero-order valence-corrected chi connectivity index (χ0v) is 9.98. The van der Waals surface area contributed by atoms with E-state index in [4.69, 9.17) is 0 Å². The Labute approximate surface area is 99.9 Å². The van der Waals surface area contributed by atoms with Gasteiger partial charge in [-0.1, -0.05) is 28.1 Å². The minimum Gasteiger partial charge on any atom is -0.464 e. The molecule has 0 bridgehead atoms. The van der Waals surface area contributed by atoms with Gasteiger partial charge < -0.3 is 4.74 Å². The van der Waals surface area contributed by atoms with Crippen LogP contribution in [0.5, 0.6) is 0 Å². The summed E-state index contributed by atoms with van der Waals surface area (Å²) in [6, 6.07) is 7.44. The number of carbonyl (C=O) groups is 1. The van der Waals surface area contributed by atoms with Crippen LogP contribution >= 0.6 is 15.9 Å². The Bertz CT molecular complexity index is 524. The number of esters is 1. The minimum absolute atomic E-state index is 0.181. The molecule has 1 heterocycles. The molecule has 1 N–H and O–H groups in total. The molecule has 0 aliphatic rings. The predicted molar refractivity (Wildman–Crippen MR) is 60.9 cm³/mol. The van der Waals surface area contributed by atoms with Crippen molar-refractivity contribution >= 4 is 21.9 Å². The van der Waals surface area contributed by atoms with Crippen LogP contribution in [0.2, 0.25) is 0 Å². The number of aromatic nitrogens is 3. The van der Waals surface area contributed by atoms with Crippen LogP contribution in [-0.2, 0) is 4.74 Å². The molecule has 0 fully saturated rings. The number of H-pyrrole nitrogens is 1. The molecule has 0 aliphatic carbocycles. The topological polar surface area (TPSA) is 67.9 Å². The van der Waals surface area contributed by atoms with Crippen LogP contribution in [-0.4, -0.2) is 28.5 Å². The molecule has 82 valence electrons. The molecule has 16 heavy (non-hydrogen) atoms. The molecule has 2 rings (SSSR count). The number of nitrogens with one attached hydrogen (secondary N) is 1. The SMILES string of the molecule is COC(=O)c1n[nH]nc1-c1cccc(Br)c1. The van der Waals surface area contributed by atoms with Crippen LogP contribution in [0, 0.1) is 0 Å². The Balaban J connectivity index is 2.48. The zero-order valence-electron chi connectivity index (χ0n) is 8.40. The minimum atomic E-state index is -0.510. The van der Waals surface area contributed by atoms with Gasteiger partial charge in [0.2, 0.25) is 0 Å². The highest BCUT2D eigenvalue weighted by Crippen LogP contribution is 2.23. The predicted octanol–water partition coefficient (Wildman–Crippen LogP) is 2.02. The first-order valence-corrected chi connectivity index (χ1v) is 5.26. The molecule has 0 amide bonds. The maximum absolute atomic E-state index is 11.4. The highest BCUT2D eigenvalue weighted by Gasteiger charge is 2.18. The summed E-state index contributed by atoms with van der Waals surface area (Å²) in [5.41, 5.74) is 1.46. The number of rotatable bonds is 2. The first-order chi connectivity index (χ1) is 7.72. The van der Waals surface area contributed by atoms with Crippen LogP contribution in [0.15, 0.2) is 28.7 Å². The molecular weight excluding hydrogens is 274 g/mol. The molecule has 1 aromatic heterocycles. The fraction of sp³-hybridized carbons (Fsp3) is 0.100. The van der Waals surface area contributed by atoms with Gasteiger partial charge in [0, 0.05) is 10.0 Å². The lowest BCUT2D eigenvalue weighted by atomic mass is 10.1. The number of halogens is 1. The number of benzene rings is 1. The van der Waals surface area contributed by atoms with Gasteiger partial charge in [-0.15, -0.1) is 5.10 Å². The quantitative estimate of drug-likeness (QED) is 0.856. The lowest BCUT2D eigenvalue weighted by Gasteiger charge is -1.99. The van der Waals surface area contributed by atoms with Gasteiger partial charge in [-0.2, -0.15) is 10.3 Å². The van der Waals surface area contributed by atoms with Crippen LogP contribution in [0.1, 0.15) is 10.5 Å². The van der Waals surface area contributed by atoms with E-state index >= 15 is 0 Å². The lowest BCUT2D eigenvalue weighted by Crippen LogP contribution is -2.03. The molecule has 0 saturated heterocycles. The summed E-state index contributed by atoms with van der Waals surface area (Å²) in [6.07, 6.45) is 0. The van der Waals surface area contributed by atoms with Crippen LogP contribution < -0.4 is 0 Å². The van der Waals surface area contributed by atoms with Gasteiger partial charge in [0.05, 0.1) is 7.11 Å². The molecule has 0 atom stereocenters. The molecule has 2 aromatic rings. The number of ether oxygens (including phenoxy) is 1. The Morgan fingerprint density at radius 3 is 2.94 bits per heavy atom. The fourth-order valence-electron chi connectivity index (χ4n) is 1.31. The van der Waals surface area contributed by atoms with Gasteiger partial charge in [-0.3, -0.25) is 0 Å². The molecule has 6 heteroatoms. The Morgan fingerprint density at radius 1 is 1.44 bits per heavy atom. The Kier molecular flexibility index (Phi) is 3.00. The summed E-state index contributed by atoms with van der Waals surface area (Å²) in [6.45, 7) is 0. The van der Waals surface area contributed by atoms with Crippen LogP contribution in [0.4, 0.5) is 0 Å². The Hall–Kier alpha value is -1.69. The largest absolute Gasteiger partial charge is 0.464 e. The number of methoxy groups -OCH3 is 1. The van der Waals surface area contributed by atoms with E-state index in [1.54, 1.807) is 0 Å². The maximum Gasteiger partial charge on any atom is 0.360 e. The molecule has 0 saturated carbocycles. The third-order valence-corrected chi connectivity index (χ3v) is 2.52. The number of hydrogen-bond acceptors (Lipinski definition) is 4. The summed E-state index contributed by atoms with van der Waals surface area (Å²) in [5, 5.41) is 10.1. The smallest absolute Gasteiger partial charge is 0.360 e. The van der Waals surface area contributed by atoms with E-state index < -0.39 is 5.97 Å². The first-order valence-electron chi connectivity index (χ1n) is 4.47. The van der Waals surface area contributed by atoms with Crippen molar-refractivity contribution in [3.63, 3.8) is 0 Å². The fourth-order valence-corrected chi connectivity index (χ4v) is 1.71. The molecular formula is C10H8BrN3O2. The van der Waals surface area contributed by atoms with Crippen molar-refractivity contribution in [1.29, 1.82) is 0 Å². The van der Waals surface area contributed by atoms with Crippen molar-refractivity contribution in [2.24, 2.45) is 0 Å². The van der Waals surface area contributed by atoms with Gasteiger partial charge >= 0.3 is 5.97 Å². The van der Waals surface area contributed by atoms with Crippen molar-refractivity contribution in [1.82, 2.24) is 15.4 Å². The average Bonchev–Trinajstić information content (AvgIpc) is 2.77. The van der Waals surface area contributed by atoms with Crippen LogP contribution in [0.3, 0.4) is 0 Å². The highest BCUT2D eigenvalue weighted by atomic mass is 79.9. The highest BCUT2D eigenvalue weighted by molar-refractivity contribution is 9.10. The zero-order chi connectivity index (χ0) is 11.5. The first kappa shape index (κ1) is 10.8. The summed E-state index contributed by atoms with van der Waals surface area (Å²) in [7, 11) is 1.31. The Morgan fingerprint density at radius 2 is 2.25 bits per heavy atom. The molecule has 0 spiro atoms. The summed E-state index contributed by atoms with van der Waals surface area (Å²) >= 11 is 3.35. The van der Waals surface area contributed by atoms with Crippen molar-refractivity contribution in [3.05, 3.63) is 34.4 Å². The molecule has 0 radical (unpaired) electrons. The number of hydrogen-bond donors (Lipinski definition) is 1. The maximum atomic E-state index is 11.4. The number of aromatic amines is 1. The van der Waals surface area contributed by atoms with E-state index in [1.165, 1.54) is 7.11 Å². The van der Waals surface area contributed by atoms with E-state index in [0.29, 0.717) is 5.69 Å². The standard InChI is InChI=1S/C10H8BrN3O2/c1-16-10(15)9-8(12-14-13-9)6-3-2-4-7(11)5-6/h2-5H,1H3,(H,12,13,14). The molecule has 0 unspecified atom stereocenters. The van der Waals surface area contributed by atoms with Gasteiger partial charge in [0.1, 0.15) is 5.69 Å². The van der Waals surface area contributed by atoms with Gasteiger partial charge in [0.25, 0.3) is 0 Å². The third-order valence-electron chi connectivity index (χ3n) is 2.02. The summed E-state index contributed by atoms with van der Waals surface area (Å²) in [4.78, 5) is 11.4.